The predicted octanol–water partition coefficient (Wildman–Crippen LogP) is 3.60. The Morgan fingerprint density at radius 2 is 1.80 bits per heavy atom. The molecular formula is C16H14FN3. The molecule has 0 saturated carbocycles. The summed E-state index contributed by atoms with van der Waals surface area (Å²) in [5.74, 6) is -0.214. The molecule has 4 heteroatoms. The van der Waals surface area contributed by atoms with Gasteiger partial charge in [0.25, 0.3) is 0 Å². The topological polar surface area (TPSA) is 30.7 Å². The number of hydrogen-bond donors (Lipinski definition) is 0. The first-order valence-corrected chi connectivity index (χ1v) is 6.36. The van der Waals surface area contributed by atoms with Crippen LogP contribution in [0.2, 0.25) is 0 Å². The molecule has 0 N–H and O–H groups in total. The number of pyridine rings is 1. The van der Waals surface area contributed by atoms with E-state index in [-0.39, 0.29) is 5.82 Å². The molecule has 0 saturated heterocycles. The molecule has 1 aromatic carbocycles. The molecule has 0 atom stereocenters. The summed E-state index contributed by atoms with van der Waals surface area (Å²) in [5, 5.41) is 4.46. The third-order valence-electron chi connectivity index (χ3n) is 3.27. The minimum Gasteiger partial charge on any atom is -0.275 e. The average Bonchev–Trinajstić information content (AvgIpc) is 2.85. The molecule has 0 bridgehead atoms. The van der Waals surface area contributed by atoms with Crippen LogP contribution in [0.5, 0.6) is 0 Å². The number of aromatic nitrogens is 3. The lowest BCUT2D eigenvalue weighted by atomic mass is 10.0. The molecule has 3 nitrogen and oxygen atoms in total. The van der Waals surface area contributed by atoms with Crippen LogP contribution in [0, 0.1) is 12.7 Å². The van der Waals surface area contributed by atoms with Crippen molar-refractivity contribution in [3.63, 3.8) is 0 Å². The fourth-order valence-electron chi connectivity index (χ4n) is 2.18. The maximum atomic E-state index is 13.8. The lowest BCUT2D eigenvalue weighted by Gasteiger charge is -2.04. The van der Waals surface area contributed by atoms with E-state index >= 15 is 0 Å². The van der Waals surface area contributed by atoms with E-state index in [1.807, 2.05) is 31.4 Å². The fraction of sp³-hybridized carbons (Fsp3) is 0.125. The Hall–Kier alpha value is -2.49. The number of benzene rings is 1. The van der Waals surface area contributed by atoms with Crippen molar-refractivity contribution in [2.75, 3.05) is 0 Å². The first-order valence-electron chi connectivity index (χ1n) is 6.36. The van der Waals surface area contributed by atoms with E-state index in [1.165, 1.54) is 6.07 Å². The Morgan fingerprint density at radius 1 is 1.05 bits per heavy atom. The number of rotatable bonds is 2. The Kier molecular flexibility index (Phi) is 3.06. The van der Waals surface area contributed by atoms with Gasteiger partial charge in [0.2, 0.25) is 0 Å². The number of nitrogens with zero attached hydrogens (tertiary/aromatic N) is 3. The van der Waals surface area contributed by atoms with Crippen molar-refractivity contribution in [1.82, 2.24) is 14.8 Å². The minimum absolute atomic E-state index is 0.214. The van der Waals surface area contributed by atoms with Gasteiger partial charge in [0.15, 0.2) is 0 Å². The van der Waals surface area contributed by atoms with Crippen molar-refractivity contribution in [1.29, 1.82) is 0 Å². The Labute approximate surface area is 116 Å². The number of halogens is 1. The minimum atomic E-state index is -0.214. The van der Waals surface area contributed by atoms with Crippen LogP contribution in [0.25, 0.3) is 22.4 Å². The van der Waals surface area contributed by atoms with Gasteiger partial charge in [-0.1, -0.05) is 12.1 Å². The van der Waals surface area contributed by atoms with E-state index in [1.54, 1.807) is 30.1 Å². The van der Waals surface area contributed by atoms with Gasteiger partial charge in [0.1, 0.15) is 11.5 Å². The summed E-state index contributed by atoms with van der Waals surface area (Å²) < 4.78 is 15.5. The third kappa shape index (κ3) is 2.20. The average molecular weight is 267 g/mol. The molecule has 20 heavy (non-hydrogen) atoms. The number of hydrogen-bond acceptors (Lipinski definition) is 2. The molecule has 0 unspecified atom stereocenters. The molecule has 0 amide bonds. The van der Waals surface area contributed by atoms with E-state index < -0.39 is 0 Å². The first-order chi connectivity index (χ1) is 9.65. The van der Waals surface area contributed by atoms with Crippen LogP contribution >= 0.6 is 0 Å². The molecule has 3 rings (SSSR count). The van der Waals surface area contributed by atoms with Crippen molar-refractivity contribution in [3.05, 3.63) is 60.3 Å². The van der Waals surface area contributed by atoms with Crippen molar-refractivity contribution in [3.8, 4) is 22.4 Å². The smallest absolute Gasteiger partial charge is 0.126 e. The Morgan fingerprint density at radius 3 is 2.50 bits per heavy atom. The fourth-order valence-corrected chi connectivity index (χ4v) is 2.18. The zero-order valence-corrected chi connectivity index (χ0v) is 11.3. The molecule has 2 heterocycles. The summed E-state index contributed by atoms with van der Waals surface area (Å²) >= 11 is 0. The molecule has 0 radical (unpaired) electrons. The zero-order valence-electron chi connectivity index (χ0n) is 11.3. The van der Waals surface area contributed by atoms with E-state index in [4.69, 9.17) is 0 Å². The van der Waals surface area contributed by atoms with E-state index in [0.717, 1.165) is 22.4 Å². The third-order valence-corrected chi connectivity index (χ3v) is 3.27. The molecule has 0 spiro atoms. The van der Waals surface area contributed by atoms with Gasteiger partial charge in [0, 0.05) is 36.8 Å². The molecule has 0 aliphatic heterocycles. The molecule has 2 aromatic heterocycles. The zero-order chi connectivity index (χ0) is 14.1. The summed E-state index contributed by atoms with van der Waals surface area (Å²) in [6.07, 6.45) is 5.41. The maximum Gasteiger partial charge on any atom is 0.126 e. The van der Waals surface area contributed by atoms with Crippen LogP contribution in [-0.2, 0) is 7.05 Å². The summed E-state index contributed by atoms with van der Waals surface area (Å²) in [6.45, 7) is 1.75. The van der Waals surface area contributed by atoms with E-state index in [0.29, 0.717) is 5.56 Å². The van der Waals surface area contributed by atoms with Crippen molar-refractivity contribution < 1.29 is 4.39 Å². The largest absolute Gasteiger partial charge is 0.275 e. The van der Waals surface area contributed by atoms with Gasteiger partial charge >= 0.3 is 0 Å². The van der Waals surface area contributed by atoms with Crippen LogP contribution in [0.15, 0.2) is 48.9 Å². The van der Waals surface area contributed by atoms with Crippen LogP contribution in [-0.4, -0.2) is 14.8 Å². The molecular weight excluding hydrogens is 253 g/mol. The highest BCUT2D eigenvalue weighted by atomic mass is 19.1. The van der Waals surface area contributed by atoms with Crippen molar-refractivity contribution >= 4 is 0 Å². The molecule has 0 aliphatic rings. The molecule has 100 valence electrons. The second-order valence-corrected chi connectivity index (χ2v) is 4.76. The van der Waals surface area contributed by atoms with Crippen molar-refractivity contribution in [2.24, 2.45) is 7.05 Å². The van der Waals surface area contributed by atoms with Crippen LogP contribution in [0.1, 0.15) is 5.56 Å². The Balaban J connectivity index is 2.17. The standard InChI is InChI=1S/C16H14FN3/c1-11-3-4-13(9-15(11)17)16-14(10-20(2)19-16)12-5-7-18-8-6-12/h3-10H,1-2H3. The van der Waals surface area contributed by atoms with Gasteiger partial charge < -0.3 is 0 Å². The second-order valence-electron chi connectivity index (χ2n) is 4.76. The molecule has 0 fully saturated rings. The summed E-state index contributed by atoms with van der Waals surface area (Å²) in [5.41, 5.74) is 4.18. The highest BCUT2D eigenvalue weighted by Crippen LogP contribution is 2.31. The van der Waals surface area contributed by atoms with Gasteiger partial charge in [-0.2, -0.15) is 5.10 Å². The Bertz CT molecular complexity index is 748. The maximum absolute atomic E-state index is 13.8. The van der Waals surface area contributed by atoms with Crippen LogP contribution in [0.3, 0.4) is 0 Å². The van der Waals surface area contributed by atoms with Gasteiger partial charge in [-0.25, -0.2) is 4.39 Å². The van der Waals surface area contributed by atoms with Crippen LogP contribution in [0.4, 0.5) is 4.39 Å². The highest BCUT2D eigenvalue weighted by molar-refractivity contribution is 5.80. The summed E-state index contributed by atoms with van der Waals surface area (Å²) in [7, 11) is 1.86. The summed E-state index contributed by atoms with van der Waals surface area (Å²) in [6, 6.07) is 9.04. The van der Waals surface area contributed by atoms with E-state index in [2.05, 4.69) is 10.1 Å². The highest BCUT2D eigenvalue weighted by Gasteiger charge is 2.13. The van der Waals surface area contributed by atoms with Crippen LogP contribution < -0.4 is 0 Å². The normalized spacial score (nSPS) is 10.8. The molecule has 3 aromatic rings. The SMILES string of the molecule is Cc1ccc(-c2nn(C)cc2-c2ccncc2)cc1F. The summed E-state index contributed by atoms with van der Waals surface area (Å²) in [4.78, 5) is 4.02. The van der Waals surface area contributed by atoms with E-state index in [9.17, 15) is 4.39 Å². The predicted molar refractivity (Wildman–Crippen MR) is 76.6 cm³/mol. The van der Waals surface area contributed by atoms with Crippen molar-refractivity contribution in [2.45, 2.75) is 6.92 Å². The monoisotopic (exact) mass is 267 g/mol. The number of aryl methyl sites for hydroxylation is 2. The second kappa shape index (κ2) is 4.89. The van der Waals surface area contributed by atoms with Gasteiger partial charge in [0.05, 0.1) is 0 Å². The van der Waals surface area contributed by atoms with Gasteiger partial charge in [-0.15, -0.1) is 0 Å². The van der Waals surface area contributed by atoms with Gasteiger partial charge in [-0.3, -0.25) is 9.67 Å². The lowest BCUT2D eigenvalue weighted by molar-refractivity contribution is 0.619. The lowest BCUT2D eigenvalue weighted by Crippen LogP contribution is -1.89. The van der Waals surface area contributed by atoms with Gasteiger partial charge in [-0.05, 0) is 36.2 Å². The molecule has 0 aliphatic carbocycles. The quantitative estimate of drug-likeness (QED) is 0.710. The first kappa shape index (κ1) is 12.5.